The lowest BCUT2D eigenvalue weighted by atomic mass is 10.0. The highest BCUT2D eigenvalue weighted by atomic mass is 19.1. The monoisotopic (exact) mass is 374 g/mol. The number of nitrogens with zero attached hydrogens (tertiary/aromatic N) is 2. The Hall–Kier alpha value is -3.98. The van der Waals surface area contributed by atoms with Gasteiger partial charge in [0.15, 0.2) is 0 Å². The number of non-ortho nitro benzene ring substituents is 1. The van der Waals surface area contributed by atoms with Crippen LogP contribution in [0.2, 0.25) is 0 Å². The van der Waals surface area contributed by atoms with Crippen LogP contribution in [-0.4, -0.2) is 4.92 Å². The maximum Gasteiger partial charge on any atom is 0.270 e. The molecule has 3 aromatic rings. The average molecular weight is 374 g/mol. The van der Waals surface area contributed by atoms with Gasteiger partial charge in [-0.3, -0.25) is 10.1 Å². The topological polar surface area (TPSA) is 76.2 Å². The molecule has 3 aromatic carbocycles. The van der Waals surface area contributed by atoms with Crippen LogP contribution in [0.4, 0.5) is 10.1 Å². The molecule has 0 bridgehead atoms. The molecule has 0 aromatic heterocycles. The van der Waals surface area contributed by atoms with Crippen LogP contribution in [0.25, 0.3) is 11.6 Å². The van der Waals surface area contributed by atoms with Crippen molar-refractivity contribution in [3.8, 4) is 11.8 Å². The highest BCUT2D eigenvalue weighted by Crippen LogP contribution is 2.24. The van der Waals surface area contributed by atoms with Gasteiger partial charge in [0, 0.05) is 12.1 Å². The first-order valence-corrected chi connectivity index (χ1v) is 8.39. The molecule has 0 amide bonds. The molecule has 3 rings (SSSR count). The lowest BCUT2D eigenvalue weighted by Crippen LogP contribution is -1.95. The van der Waals surface area contributed by atoms with Crippen LogP contribution < -0.4 is 4.74 Å². The molecule has 0 heterocycles. The van der Waals surface area contributed by atoms with Gasteiger partial charge in [-0.05, 0) is 47.0 Å². The van der Waals surface area contributed by atoms with E-state index in [-0.39, 0.29) is 18.1 Å². The van der Waals surface area contributed by atoms with Crippen LogP contribution in [0.5, 0.6) is 5.75 Å². The summed E-state index contributed by atoms with van der Waals surface area (Å²) in [5.41, 5.74) is 2.25. The zero-order chi connectivity index (χ0) is 19.9. The number of nitro benzene ring substituents is 1. The van der Waals surface area contributed by atoms with Crippen LogP contribution in [0, 0.1) is 27.3 Å². The maximum absolute atomic E-state index is 13.0. The molecule has 0 aliphatic carbocycles. The minimum atomic E-state index is -0.498. The summed E-state index contributed by atoms with van der Waals surface area (Å²) in [5.74, 6) is 0.287. The first kappa shape index (κ1) is 18.8. The zero-order valence-corrected chi connectivity index (χ0v) is 14.7. The van der Waals surface area contributed by atoms with Crippen LogP contribution in [-0.2, 0) is 6.61 Å². The van der Waals surface area contributed by atoms with E-state index in [1.165, 1.54) is 24.3 Å². The summed E-state index contributed by atoms with van der Waals surface area (Å²) < 4.78 is 18.7. The van der Waals surface area contributed by atoms with Crippen LogP contribution in [0.1, 0.15) is 16.7 Å². The molecule has 0 saturated heterocycles. The third-order valence-electron chi connectivity index (χ3n) is 3.98. The number of allylic oxidation sites excluding steroid dienone is 1. The fourth-order valence-corrected chi connectivity index (χ4v) is 2.58. The van der Waals surface area contributed by atoms with Gasteiger partial charge in [-0.1, -0.05) is 36.4 Å². The van der Waals surface area contributed by atoms with E-state index in [2.05, 4.69) is 6.07 Å². The van der Waals surface area contributed by atoms with Crippen LogP contribution in [0.15, 0.2) is 72.8 Å². The molecule has 0 saturated carbocycles. The van der Waals surface area contributed by atoms with E-state index in [1.54, 1.807) is 54.6 Å². The second kappa shape index (κ2) is 8.60. The van der Waals surface area contributed by atoms with Crippen molar-refractivity contribution in [3.63, 3.8) is 0 Å². The Morgan fingerprint density at radius 2 is 1.86 bits per heavy atom. The van der Waals surface area contributed by atoms with E-state index in [0.717, 1.165) is 11.1 Å². The molecule has 6 heteroatoms. The summed E-state index contributed by atoms with van der Waals surface area (Å²) in [5, 5.41) is 20.4. The van der Waals surface area contributed by atoms with Gasteiger partial charge in [-0.2, -0.15) is 5.26 Å². The van der Waals surface area contributed by atoms with Gasteiger partial charge in [0.1, 0.15) is 18.2 Å². The molecule has 0 aliphatic heterocycles. The normalized spacial score (nSPS) is 10.9. The van der Waals surface area contributed by atoms with Crippen molar-refractivity contribution in [1.29, 1.82) is 5.26 Å². The second-order valence-corrected chi connectivity index (χ2v) is 5.96. The van der Waals surface area contributed by atoms with Gasteiger partial charge in [-0.25, -0.2) is 4.39 Å². The standard InChI is InChI=1S/C22H15FN2O3/c23-20-9-7-16(8-10-20)15-28-22-6-1-3-17(12-22)11-19(14-24)18-4-2-5-21(13-18)25(26)27/h1-13H,15H2/b19-11-. The molecule has 5 nitrogen and oxygen atoms in total. The number of benzene rings is 3. The van der Waals surface area contributed by atoms with Crippen molar-refractivity contribution < 1.29 is 14.1 Å². The smallest absolute Gasteiger partial charge is 0.270 e. The average Bonchev–Trinajstić information content (AvgIpc) is 2.72. The molecule has 0 unspecified atom stereocenters. The molecule has 0 fully saturated rings. The zero-order valence-electron chi connectivity index (χ0n) is 14.7. The summed E-state index contributed by atoms with van der Waals surface area (Å²) in [6.45, 7) is 0.281. The molecule has 0 radical (unpaired) electrons. The van der Waals surface area contributed by atoms with Gasteiger partial charge < -0.3 is 4.74 Å². The van der Waals surface area contributed by atoms with Gasteiger partial charge in [0.2, 0.25) is 0 Å². The molecule has 138 valence electrons. The van der Waals surface area contributed by atoms with Crippen molar-refractivity contribution in [2.45, 2.75) is 6.61 Å². The Kier molecular flexibility index (Phi) is 5.78. The molecular weight excluding hydrogens is 359 g/mol. The SMILES string of the molecule is N#C/C(=C/c1cccc(OCc2ccc(F)cc2)c1)c1cccc([N+](=O)[O-])c1. The van der Waals surface area contributed by atoms with Crippen LogP contribution >= 0.6 is 0 Å². The lowest BCUT2D eigenvalue weighted by Gasteiger charge is -2.07. The summed E-state index contributed by atoms with van der Waals surface area (Å²) in [4.78, 5) is 10.4. The molecule has 0 aliphatic rings. The quantitative estimate of drug-likeness (QED) is 0.251. The van der Waals surface area contributed by atoms with Gasteiger partial charge in [0.05, 0.1) is 16.6 Å². The number of halogens is 1. The van der Waals surface area contributed by atoms with Gasteiger partial charge in [-0.15, -0.1) is 0 Å². The van der Waals surface area contributed by atoms with Crippen molar-refractivity contribution in [3.05, 3.63) is 105 Å². The fraction of sp³-hybridized carbons (Fsp3) is 0.0455. The first-order valence-electron chi connectivity index (χ1n) is 8.39. The van der Waals surface area contributed by atoms with E-state index in [1.807, 2.05) is 0 Å². The Balaban J connectivity index is 1.80. The fourth-order valence-electron chi connectivity index (χ4n) is 2.58. The van der Waals surface area contributed by atoms with E-state index >= 15 is 0 Å². The Morgan fingerprint density at radius 3 is 2.57 bits per heavy atom. The highest BCUT2D eigenvalue weighted by molar-refractivity contribution is 5.90. The third-order valence-corrected chi connectivity index (χ3v) is 3.98. The Labute approximate surface area is 161 Å². The van der Waals surface area contributed by atoms with Crippen molar-refractivity contribution in [2.75, 3.05) is 0 Å². The maximum atomic E-state index is 13.0. The summed E-state index contributed by atoms with van der Waals surface area (Å²) in [6, 6.07) is 21.2. The van der Waals surface area contributed by atoms with Crippen molar-refractivity contribution >= 4 is 17.3 Å². The van der Waals surface area contributed by atoms with E-state index in [4.69, 9.17) is 4.74 Å². The minimum absolute atomic E-state index is 0.0740. The van der Waals surface area contributed by atoms with E-state index < -0.39 is 4.92 Å². The Bertz CT molecular complexity index is 1070. The van der Waals surface area contributed by atoms with Crippen molar-refractivity contribution in [1.82, 2.24) is 0 Å². The molecular formula is C22H15FN2O3. The van der Waals surface area contributed by atoms with Gasteiger partial charge in [0.25, 0.3) is 5.69 Å². The van der Waals surface area contributed by atoms with E-state index in [0.29, 0.717) is 16.9 Å². The molecule has 28 heavy (non-hydrogen) atoms. The summed E-state index contributed by atoms with van der Waals surface area (Å²) in [6.07, 6.45) is 1.64. The number of hydrogen-bond acceptors (Lipinski definition) is 4. The predicted molar refractivity (Wildman–Crippen MR) is 104 cm³/mol. The Morgan fingerprint density at radius 1 is 1.11 bits per heavy atom. The highest BCUT2D eigenvalue weighted by Gasteiger charge is 2.09. The van der Waals surface area contributed by atoms with Gasteiger partial charge >= 0.3 is 0 Å². The number of hydrogen-bond donors (Lipinski definition) is 0. The number of nitriles is 1. The third kappa shape index (κ3) is 4.80. The first-order chi connectivity index (χ1) is 13.5. The second-order valence-electron chi connectivity index (χ2n) is 5.96. The number of ether oxygens (including phenoxy) is 1. The predicted octanol–water partition coefficient (Wildman–Crippen LogP) is 5.38. The lowest BCUT2D eigenvalue weighted by molar-refractivity contribution is -0.384. The van der Waals surface area contributed by atoms with E-state index in [9.17, 15) is 19.8 Å². The number of nitro groups is 1. The largest absolute Gasteiger partial charge is 0.489 e. The number of rotatable bonds is 6. The minimum Gasteiger partial charge on any atom is -0.489 e. The molecule has 0 N–H and O–H groups in total. The van der Waals surface area contributed by atoms with Crippen LogP contribution in [0.3, 0.4) is 0 Å². The molecule has 0 spiro atoms. The summed E-state index contributed by atoms with van der Waals surface area (Å²) in [7, 11) is 0. The van der Waals surface area contributed by atoms with Crippen molar-refractivity contribution in [2.24, 2.45) is 0 Å². The molecule has 0 atom stereocenters. The summed E-state index contributed by atoms with van der Waals surface area (Å²) >= 11 is 0.